The summed E-state index contributed by atoms with van der Waals surface area (Å²) in [7, 11) is 3.73. The third-order valence-electron chi connectivity index (χ3n) is 2.93. The van der Waals surface area contributed by atoms with Gasteiger partial charge in [0.1, 0.15) is 11.4 Å². The van der Waals surface area contributed by atoms with Gasteiger partial charge in [0.25, 0.3) is 0 Å². The minimum Gasteiger partial charge on any atom is -0.444 e. The van der Waals surface area contributed by atoms with Gasteiger partial charge in [-0.25, -0.2) is 0 Å². The maximum Gasteiger partial charge on any atom is 0.230 e. The summed E-state index contributed by atoms with van der Waals surface area (Å²) in [5, 5.41) is 4.69. The molecule has 1 aromatic rings. The van der Waals surface area contributed by atoms with E-state index in [0.717, 1.165) is 17.8 Å². The van der Waals surface area contributed by atoms with Gasteiger partial charge >= 0.3 is 0 Å². The van der Waals surface area contributed by atoms with Crippen molar-refractivity contribution in [2.45, 2.75) is 27.2 Å². The van der Waals surface area contributed by atoms with Gasteiger partial charge in [0.15, 0.2) is 0 Å². The molecule has 0 aliphatic carbocycles. The predicted molar refractivity (Wildman–Crippen MR) is 66.1 cm³/mol. The van der Waals surface area contributed by atoms with Crippen LogP contribution in [-0.2, 0) is 4.79 Å². The minimum absolute atomic E-state index is 0.0456. The van der Waals surface area contributed by atoms with Crippen molar-refractivity contribution in [3.63, 3.8) is 0 Å². The number of hydrogen-bond donors (Lipinski definition) is 2. The van der Waals surface area contributed by atoms with Crippen LogP contribution >= 0.6 is 0 Å². The van der Waals surface area contributed by atoms with E-state index in [1.165, 1.54) is 0 Å². The number of nitrogens with two attached hydrogens (primary N) is 1. The normalized spacial score (nSPS) is 11.2. The monoisotopic (exact) mass is 220 g/mol. The molecule has 16 heavy (non-hydrogen) atoms. The largest absolute Gasteiger partial charge is 0.444 e. The first-order valence-electron chi connectivity index (χ1n) is 5.54. The van der Waals surface area contributed by atoms with Crippen LogP contribution in [0, 0.1) is 12.5 Å². The molecule has 0 radical (unpaired) electrons. The second kappa shape index (κ2) is 5.12. The molecule has 1 amide bonds. The average molecular weight is 220 g/mol. The molecule has 1 aromatic carbocycles. The number of para-hydroxylation sites is 2. The summed E-state index contributed by atoms with van der Waals surface area (Å²) in [5.74, 6) is 0.0456. The van der Waals surface area contributed by atoms with Gasteiger partial charge in [-0.05, 0) is 18.6 Å². The lowest BCUT2D eigenvalue weighted by Gasteiger charge is -2.22. The van der Waals surface area contributed by atoms with Gasteiger partial charge in [-0.3, -0.25) is 4.79 Å². The highest BCUT2D eigenvalue weighted by atomic mass is 16.2. The van der Waals surface area contributed by atoms with Crippen molar-refractivity contribution in [1.29, 1.82) is 0 Å². The molecule has 1 rings (SSSR count). The number of anilines is 1. The van der Waals surface area contributed by atoms with E-state index in [9.17, 15) is 4.79 Å². The Labute approximate surface area is 97.2 Å². The van der Waals surface area contributed by atoms with E-state index in [4.69, 9.17) is 0 Å². The molecule has 0 aliphatic rings. The van der Waals surface area contributed by atoms with Crippen LogP contribution in [0.4, 0.5) is 11.4 Å². The number of amides is 1. The lowest BCUT2D eigenvalue weighted by Crippen LogP contribution is -2.69. The highest BCUT2D eigenvalue weighted by Crippen LogP contribution is 2.24. The van der Waals surface area contributed by atoms with Gasteiger partial charge in [-0.15, -0.1) is 7.05 Å². The molecule has 0 saturated heterocycles. The zero-order valence-electron chi connectivity index (χ0n) is 10.2. The highest BCUT2D eigenvalue weighted by molar-refractivity contribution is 5.96. The molecule has 0 fully saturated rings. The van der Waals surface area contributed by atoms with E-state index in [2.05, 4.69) is 12.4 Å². The van der Waals surface area contributed by atoms with E-state index in [1.54, 1.807) is 5.32 Å². The van der Waals surface area contributed by atoms with Gasteiger partial charge in [0, 0.05) is 5.41 Å². The smallest absolute Gasteiger partial charge is 0.230 e. The molecular weight excluding hydrogens is 200 g/mol. The summed E-state index contributed by atoms with van der Waals surface area (Å²) in [4.78, 5) is 12.0. The summed E-state index contributed by atoms with van der Waals surface area (Å²) >= 11 is 0. The minimum atomic E-state index is -0.339. The fraction of sp³-hybridized carbons (Fsp3) is 0.385. The summed E-state index contributed by atoms with van der Waals surface area (Å²) in [6.45, 7) is 5.90. The van der Waals surface area contributed by atoms with E-state index in [-0.39, 0.29) is 11.3 Å². The number of rotatable bonds is 4. The van der Waals surface area contributed by atoms with Crippen LogP contribution in [0.15, 0.2) is 24.3 Å². The van der Waals surface area contributed by atoms with E-state index < -0.39 is 0 Å². The SMILES string of the molecule is [CH2-][NH2+]c1ccccc1NC(=O)C(C)(C)CC. The Balaban J connectivity index is 2.85. The highest BCUT2D eigenvalue weighted by Gasteiger charge is 2.25. The van der Waals surface area contributed by atoms with Crippen molar-refractivity contribution < 1.29 is 10.1 Å². The molecule has 3 nitrogen and oxygen atoms in total. The Morgan fingerprint density at radius 3 is 2.62 bits per heavy atom. The Bertz CT molecular complexity index is 372. The van der Waals surface area contributed by atoms with Crippen LogP contribution in [0.25, 0.3) is 0 Å². The lowest BCUT2D eigenvalue weighted by molar-refractivity contribution is -0.503. The molecule has 3 N–H and O–H groups in total. The van der Waals surface area contributed by atoms with Crippen LogP contribution in [0.2, 0.25) is 0 Å². The fourth-order valence-corrected chi connectivity index (χ4v) is 1.24. The van der Waals surface area contributed by atoms with Crippen molar-refractivity contribution in [1.82, 2.24) is 0 Å². The molecule has 88 valence electrons. The van der Waals surface area contributed by atoms with E-state index in [1.807, 2.05) is 45.0 Å². The first kappa shape index (κ1) is 12.7. The molecule has 3 heteroatoms. The average Bonchev–Trinajstić information content (AvgIpc) is 2.29. The molecule has 0 heterocycles. The van der Waals surface area contributed by atoms with Gasteiger partial charge in [-0.1, -0.05) is 32.9 Å². The Hall–Kier alpha value is -1.35. The van der Waals surface area contributed by atoms with Crippen LogP contribution in [0.5, 0.6) is 0 Å². The number of quaternary nitrogens is 1. The molecular formula is C13H20N2O. The van der Waals surface area contributed by atoms with E-state index >= 15 is 0 Å². The van der Waals surface area contributed by atoms with Crippen LogP contribution in [-0.4, -0.2) is 5.91 Å². The number of nitrogens with one attached hydrogen (secondary N) is 1. The molecule has 0 aliphatic heterocycles. The quantitative estimate of drug-likeness (QED) is 0.592. The zero-order valence-corrected chi connectivity index (χ0v) is 10.2. The van der Waals surface area contributed by atoms with Crippen molar-refractivity contribution >= 4 is 17.3 Å². The maximum atomic E-state index is 12.0. The summed E-state index contributed by atoms with van der Waals surface area (Å²) < 4.78 is 0. The third kappa shape index (κ3) is 2.83. The second-order valence-electron chi connectivity index (χ2n) is 4.48. The van der Waals surface area contributed by atoms with E-state index in [0.29, 0.717) is 0 Å². The first-order valence-corrected chi connectivity index (χ1v) is 5.54. The number of hydrogen-bond acceptors (Lipinski definition) is 1. The number of carbonyl (C=O) groups excluding carboxylic acids is 1. The fourth-order valence-electron chi connectivity index (χ4n) is 1.24. The number of benzene rings is 1. The molecule has 0 spiro atoms. The number of carbonyl (C=O) groups is 1. The van der Waals surface area contributed by atoms with Crippen LogP contribution < -0.4 is 10.6 Å². The predicted octanol–water partition coefficient (Wildman–Crippen LogP) is 2.05. The lowest BCUT2D eigenvalue weighted by atomic mass is 9.89. The standard InChI is InChI=1S/C13H20N2O/c1-5-13(2,3)12(16)15-11-9-7-6-8-10(11)14-4/h6-9H,4-5,14H2,1-3H3,(H,15,16). The van der Waals surface area contributed by atoms with Gasteiger partial charge in [-0.2, -0.15) is 0 Å². The first-order chi connectivity index (χ1) is 7.51. The molecule has 0 saturated carbocycles. The molecule has 0 atom stereocenters. The van der Waals surface area contributed by atoms with Gasteiger partial charge in [0.2, 0.25) is 5.91 Å². The van der Waals surface area contributed by atoms with Crippen LogP contribution in [0.1, 0.15) is 27.2 Å². The van der Waals surface area contributed by atoms with Crippen molar-refractivity contribution in [2.75, 3.05) is 5.32 Å². The van der Waals surface area contributed by atoms with Gasteiger partial charge < -0.3 is 10.6 Å². The van der Waals surface area contributed by atoms with Crippen molar-refractivity contribution in [3.8, 4) is 0 Å². The van der Waals surface area contributed by atoms with Gasteiger partial charge in [0.05, 0.1) is 0 Å². The second-order valence-corrected chi connectivity index (χ2v) is 4.48. The van der Waals surface area contributed by atoms with Crippen molar-refractivity contribution in [2.24, 2.45) is 5.41 Å². The summed E-state index contributed by atoms with van der Waals surface area (Å²) in [6, 6.07) is 7.65. The molecule has 0 unspecified atom stereocenters. The molecule has 0 aromatic heterocycles. The Kier molecular flexibility index (Phi) is 4.07. The summed E-state index contributed by atoms with van der Waals surface area (Å²) in [6.07, 6.45) is 0.815. The Morgan fingerprint density at radius 2 is 2.06 bits per heavy atom. The Morgan fingerprint density at radius 1 is 1.44 bits per heavy atom. The van der Waals surface area contributed by atoms with Crippen molar-refractivity contribution in [3.05, 3.63) is 31.3 Å². The van der Waals surface area contributed by atoms with Crippen LogP contribution in [0.3, 0.4) is 0 Å². The zero-order chi connectivity index (χ0) is 12.2. The molecule has 0 bridgehead atoms. The third-order valence-corrected chi connectivity index (χ3v) is 2.93. The topological polar surface area (TPSA) is 45.7 Å². The summed E-state index contributed by atoms with van der Waals surface area (Å²) in [5.41, 5.74) is 1.43. The maximum absolute atomic E-state index is 12.0.